The van der Waals surface area contributed by atoms with Crippen LogP contribution < -0.4 is 14.8 Å². The summed E-state index contributed by atoms with van der Waals surface area (Å²) in [7, 11) is 1.77. The maximum atomic E-state index is 12.0. The number of anilines is 1. The first-order chi connectivity index (χ1) is 12.7. The molecule has 8 heteroatoms. The molecule has 1 aromatic heterocycles. The van der Waals surface area contributed by atoms with Gasteiger partial charge in [0.25, 0.3) is 5.91 Å². The van der Waals surface area contributed by atoms with Crippen molar-refractivity contribution in [1.82, 2.24) is 20.2 Å². The smallest absolute Gasteiger partial charge is 0.262 e. The second-order valence-electron chi connectivity index (χ2n) is 5.44. The molecule has 0 bridgehead atoms. The number of aryl methyl sites for hydroxylation is 1. The zero-order chi connectivity index (χ0) is 18.4. The van der Waals surface area contributed by atoms with Gasteiger partial charge in [-0.05, 0) is 65.9 Å². The molecule has 1 amide bonds. The lowest BCUT2D eigenvalue weighted by Gasteiger charge is -2.09. The van der Waals surface area contributed by atoms with Crippen molar-refractivity contribution in [3.63, 3.8) is 0 Å². The molecule has 3 rings (SSSR count). The van der Waals surface area contributed by atoms with Gasteiger partial charge in [0.15, 0.2) is 12.4 Å². The van der Waals surface area contributed by atoms with Gasteiger partial charge in [-0.25, -0.2) is 4.68 Å². The molecule has 26 heavy (non-hydrogen) atoms. The van der Waals surface area contributed by atoms with Crippen LogP contribution in [0.5, 0.6) is 11.5 Å². The van der Waals surface area contributed by atoms with Gasteiger partial charge in [-0.2, -0.15) is 0 Å². The summed E-state index contributed by atoms with van der Waals surface area (Å²) in [4.78, 5) is 12.0. The largest absolute Gasteiger partial charge is 0.494 e. The Hall–Kier alpha value is -3.42. The maximum Gasteiger partial charge on any atom is 0.262 e. The van der Waals surface area contributed by atoms with Crippen LogP contribution >= 0.6 is 0 Å². The first-order valence-corrected chi connectivity index (χ1v) is 8.14. The lowest BCUT2D eigenvalue weighted by atomic mass is 10.2. The summed E-state index contributed by atoms with van der Waals surface area (Å²) in [6, 6.07) is 14.4. The van der Waals surface area contributed by atoms with Gasteiger partial charge in [-0.3, -0.25) is 4.79 Å². The lowest BCUT2D eigenvalue weighted by Crippen LogP contribution is -2.20. The molecule has 0 aliphatic heterocycles. The van der Waals surface area contributed by atoms with Crippen LogP contribution in [0.25, 0.3) is 11.4 Å². The predicted octanol–water partition coefficient (Wildman–Crippen LogP) is 2.29. The fourth-order valence-electron chi connectivity index (χ4n) is 2.32. The van der Waals surface area contributed by atoms with E-state index >= 15 is 0 Å². The summed E-state index contributed by atoms with van der Waals surface area (Å²) in [6.07, 6.45) is 0. The van der Waals surface area contributed by atoms with Gasteiger partial charge in [-0.15, -0.1) is 5.10 Å². The number of tetrazole rings is 1. The van der Waals surface area contributed by atoms with Crippen LogP contribution in [-0.4, -0.2) is 39.3 Å². The Labute approximate surface area is 150 Å². The van der Waals surface area contributed by atoms with E-state index in [9.17, 15) is 4.79 Å². The highest BCUT2D eigenvalue weighted by Gasteiger charge is 2.07. The number of amides is 1. The monoisotopic (exact) mass is 353 g/mol. The van der Waals surface area contributed by atoms with E-state index in [2.05, 4.69) is 20.8 Å². The first kappa shape index (κ1) is 17.4. The molecule has 1 heterocycles. The van der Waals surface area contributed by atoms with Crippen LogP contribution in [0.2, 0.25) is 0 Å². The van der Waals surface area contributed by atoms with Gasteiger partial charge in [0.1, 0.15) is 11.5 Å². The first-order valence-electron chi connectivity index (χ1n) is 8.14. The minimum absolute atomic E-state index is 0.0804. The van der Waals surface area contributed by atoms with Gasteiger partial charge < -0.3 is 14.8 Å². The number of ether oxygens (including phenoxy) is 2. The van der Waals surface area contributed by atoms with Crippen molar-refractivity contribution in [2.75, 3.05) is 18.5 Å². The summed E-state index contributed by atoms with van der Waals surface area (Å²) < 4.78 is 12.4. The van der Waals surface area contributed by atoms with E-state index in [0.29, 0.717) is 23.9 Å². The minimum Gasteiger partial charge on any atom is -0.494 e. The second-order valence-corrected chi connectivity index (χ2v) is 5.44. The Balaban J connectivity index is 1.52. The van der Waals surface area contributed by atoms with Gasteiger partial charge in [0, 0.05) is 18.3 Å². The highest BCUT2D eigenvalue weighted by Crippen LogP contribution is 2.19. The van der Waals surface area contributed by atoms with Crippen LogP contribution in [0.3, 0.4) is 0 Å². The zero-order valence-electron chi connectivity index (χ0n) is 14.5. The standard InChI is InChI=1S/C18H19N5O3/c1-3-25-15-8-10-16(11-9-15)26-12-17(24)19-14-6-4-13(5-7-14)18-20-21-22-23(18)2/h4-11H,3,12H2,1-2H3,(H,19,24). The number of benzene rings is 2. The van der Waals surface area contributed by atoms with Crippen LogP contribution in [-0.2, 0) is 11.8 Å². The van der Waals surface area contributed by atoms with E-state index in [1.165, 1.54) is 0 Å². The Bertz CT molecular complexity index is 859. The SMILES string of the molecule is CCOc1ccc(OCC(=O)Nc2ccc(-c3nnnn3C)cc2)cc1. The minimum atomic E-state index is -0.244. The molecule has 134 valence electrons. The molecule has 0 saturated heterocycles. The molecule has 1 N–H and O–H groups in total. The number of rotatable bonds is 7. The number of carbonyl (C=O) groups excluding carboxylic acids is 1. The second kappa shape index (κ2) is 8.11. The highest BCUT2D eigenvalue weighted by molar-refractivity contribution is 5.92. The number of aromatic nitrogens is 4. The lowest BCUT2D eigenvalue weighted by molar-refractivity contribution is -0.118. The number of hydrogen-bond donors (Lipinski definition) is 1. The molecular formula is C18H19N5O3. The van der Waals surface area contributed by atoms with E-state index in [0.717, 1.165) is 11.3 Å². The van der Waals surface area contributed by atoms with Gasteiger partial charge >= 0.3 is 0 Å². The summed E-state index contributed by atoms with van der Waals surface area (Å²) in [5.41, 5.74) is 1.53. The van der Waals surface area contributed by atoms with Crippen molar-refractivity contribution >= 4 is 11.6 Å². The average Bonchev–Trinajstić information content (AvgIpc) is 3.08. The molecule has 0 radical (unpaired) electrons. The summed E-state index contributed by atoms with van der Waals surface area (Å²) in [5, 5.41) is 14.1. The molecule has 3 aromatic rings. The van der Waals surface area contributed by atoms with E-state index in [-0.39, 0.29) is 12.5 Å². The Morgan fingerprint density at radius 2 is 1.69 bits per heavy atom. The summed E-state index contributed by atoms with van der Waals surface area (Å²) in [6.45, 7) is 2.45. The molecule has 0 unspecified atom stereocenters. The molecule has 0 atom stereocenters. The van der Waals surface area contributed by atoms with E-state index < -0.39 is 0 Å². The molecular weight excluding hydrogens is 334 g/mol. The average molecular weight is 353 g/mol. The predicted molar refractivity (Wildman–Crippen MR) is 96.0 cm³/mol. The van der Waals surface area contributed by atoms with Crippen molar-refractivity contribution in [3.8, 4) is 22.9 Å². The maximum absolute atomic E-state index is 12.0. The zero-order valence-corrected chi connectivity index (χ0v) is 14.5. The van der Waals surface area contributed by atoms with Crippen molar-refractivity contribution in [1.29, 1.82) is 0 Å². The van der Waals surface area contributed by atoms with Crippen LogP contribution in [0.4, 0.5) is 5.69 Å². The fourth-order valence-corrected chi connectivity index (χ4v) is 2.32. The van der Waals surface area contributed by atoms with E-state index in [1.54, 1.807) is 48.1 Å². The molecule has 2 aromatic carbocycles. The Morgan fingerprint density at radius 3 is 2.27 bits per heavy atom. The van der Waals surface area contributed by atoms with Gasteiger partial charge in [-0.1, -0.05) is 0 Å². The normalized spacial score (nSPS) is 10.4. The quantitative estimate of drug-likeness (QED) is 0.701. The Morgan fingerprint density at radius 1 is 1.04 bits per heavy atom. The third-order valence-electron chi connectivity index (χ3n) is 3.55. The molecule has 8 nitrogen and oxygen atoms in total. The van der Waals surface area contributed by atoms with Crippen LogP contribution in [0.15, 0.2) is 48.5 Å². The van der Waals surface area contributed by atoms with E-state index in [1.807, 2.05) is 19.1 Å². The molecule has 0 aliphatic carbocycles. The summed E-state index contributed by atoms with van der Waals surface area (Å²) >= 11 is 0. The molecule has 0 spiro atoms. The topological polar surface area (TPSA) is 91.2 Å². The van der Waals surface area contributed by atoms with Crippen LogP contribution in [0, 0.1) is 0 Å². The van der Waals surface area contributed by atoms with Crippen molar-refractivity contribution < 1.29 is 14.3 Å². The number of carbonyl (C=O) groups is 1. The third-order valence-corrected chi connectivity index (χ3v) is 3.55. The van der Waals surface area contributed by atoms with Crippen molar-refractivity contribution in [2.45, 2.75) is 6.92 Å². The van der Waals surface area contributed by atoms with E-state index in [4.69, 9.17) is 9.47 Å². The molecule has 0 aliphatic rings. The Kier molecular flexibility index (Phi) is 5.43. The third kappa shape index (κ3) is 4.35. The number of hydrogen-bond acceptors (Lipinski definition) is 6. The van der Waals surface area contributed by atoms with Crippen molar-refractivity contribution in [2.24, 2.45) is 7.05 Å². The van der Waals surface area contributed by atoms with Gasteiger partial charge in [0.2, 0.25) is 0 Å². The number of nitrogens with one attached hydrogen (secondary N) is 1. The highest BCUT2D eigenvalue weighted by atomic mass is 16.5. The van der Waals surface area contributed by atoms with Crippen molar-refractivity contribution in [3.05, 3.63) is 48.5 Å². The van der Waals surface area contributed by atoms with Crippen LogP contribution in [0.1, 0.15) is 6.92 Å². The molecule has 0 fully saturated rings. The number of nitrogens with zero attached hydrogens (tertiary/aromatic N) is 4. The fraction of sp³-hybridized carbons (Fsp3) is 0.222. The molecule has 0 saturated carbocycles. The van der Waals surface area contributed by atoms with Gasteiger partial charge in [0.05, 0.1) is 6.61 Å². The summed E-state index contributed by atoms with van der Waals surface area (Å²) in [5.74, 6) is 1.78.